The summed E-state index contributed by atoms with van der Waals surface area (Å²) in [5, 5.41) is 0. The molecule has 1 amide bonds. The molecular weight excluding hydrogens is 303 g/mol. The first-order chi connectivity index (χ1) is 7.79. The van der Waals surface area contributed by atoms with Gasteiger partial charge in [-0.25, -0.2) is 0 Å². The van der Waals surface area contributed by atoms with Crippen LogP contribution in [0.5, 0.6) is 0 Å². The molecule has 0 aliphatic rings. The highest BCUT2D eigenvalue weighted by molar-refractivity contribution is 9.10. The van der Waals surface area contributed by atoms with Gasteiger partial charge in [0.1, 0.15) is 12.3 Å². The molecular formula is C10H11BrF3NO2. The van der Waals surface area contributed by atoms with Crippen LogP contribution < -0.4 is 0 Å². The average molecular weight is 314 g/mol. The zero-order valence-corrected chi connectivity index (χ0v) is 10.6. The Morgan fingerprint density at radius 1 is 1.59 bits per heavy atom. The van der Waals surface area contributed by atoms with Gasteiger partial charge in [-0.3, -0.25) is 4.79 Å². The first kappa shape index (κ1) is 14.1. The molecule has 0 aliphatic heterocycles. The number of halogens is 4. The number of alkyl halides is 4. The molecule has 0 radical (unpaired) electrons. The lowest BCUT2D eigenvalue weighted by Gasteiger charge is -2.24. The van der Waals surface area contributed by atoms with Gasteiger partial charge in [-0.1, -0.05) is 15.9 Å². The first-order valence-corrected chi connectivity index (χ1v) is 5.73. The van der Waals surface area contributed by atoms with Crippen LogP contribution in [0.15, 0.2) is 22.8 Å². The van der Waals surface area contributed by atoms with Crippen molar-refractivity contribution >= 4 is 21.8 Å². The lowest BCUT2D eigenvalue weighted by molar-refractivity contribution is -0.162. The molecule has 1 atom stereocenters. The maximum atomic E-state index is 12.3. The molecule has 17 heavy (non-hydrogen) atoms. The molecule has 1 unspecified atom stereocenters. The Morgan fingerprint density at radius 3 is 2.65 bits per heavy atom. The number of furan rings is 1. The van der Waals surface area contributed by atoms with Crippen LogP contribution in [0.3, 0.4) is 0 Å². The van der Waals surface area contributed by atoms with Crippen LogP contribution in [-0.2, 0) is 11.3 Å². The van der Waals surface area contributed by atoms with Gasteiger partial charge < -0.3 is 9.32 Å². The van der Waals surface area contributed by atoms with Crippen LogP contribution in [-0.4, -0.2) is 28.4 Å². The van der Waals surface area contributed by atoms with Crippen molar-refractivity contribution in [2.75, 3.05) is 6.54 Å². The van der Waals surface area contributed by atoms with Crippen LogP contribution in [0.1, 0.15) is 12.7 Å². The lowest BCUT2D eigenvalue weighted by atomic mass is 10.3. The Hall–Kier alpha value is -0.980. The van der Waals surface area contributed by atoms with Gasteiger partial charge >= 0.3 is 6.18 Å². The van der Waals surface area contributed by atoms with E-state index in [-0.39, 0.29) is 6.54 Å². The highest BCUT2D eigenvalue weighted by Gasteiger charge is 2.34. The molecule has 0 saturated heterocycles. The minimum atomic E-state index is -4.43. The fourth-order valence-corrected chi connectivity index (χ4v) is 1.56. The molecule has 0 saturated carbocycles. The van der Waals surface area contributed by atoms with E-state index in [4.69, 9.17) is 4.42 Å². The molecule has 1 rings (SSSR count). The van der Waals surface area contributed by atoms with Crippen LogP contribution >= 0.6 is 15.9 Å². The van der Waals surface area contributed by atoms with E-state index in [1.165, 1.54) is 19.3 Å². The summed E-state index contributed by atoms with van der Waals surface area (Å²) in [7, 11) is 0. The molecule has 0 fully saturated rings. The van der Waals surface area contributed by atoms with Crippen LogP contribution in [0.25, 0.3) is 0 Å². The van der Waals surface area contributed by atoms with Gasteiger partial charge in [-0.2, -0.15) is 13.2 Å². The summed E-state index contributed by atoms with van der Waals surface area (Å²) in [5.74, 6) is -0.311. The second-order valence-corrected chi connectivity index (χ2v) is 4.88. The monoisotopic (exact) mass is 313 g/mol. The highest BCUT2D eigenvalue weighted by atomic mass is 79.9. The summed E-state index contributed by atoms with van der Waals surface area (Å²) in [4.78, 5) is 11.6. The minimum Gasteiger partial charge on any atom is -0.467 e. The molecule has 0 aliphatic carbocycles. The Labute approximate surface area is 105 Å². The van der Waals surface area contributed by atoms with Crippen molar-refractivity contribution in [2.45, 2.75) is 24.5 Å². The van der Waals surface area contributed by atoms with E-state index in [1.54, 1.807) is 6.07 Å². The number of rotatable bonds is 4. The summed E-state index contributed by atoms with van der Waals surface area (Å²) in [6, 6.07) is 3.08. The van der Waals surface area contributed by atoms with Gasteiger partial charge in [0.15, 0.2) is 0 Å². The van der Waals surface area contributed by atoms with Gasteiger partial charge in [0, 0.05) is 0 Å². The van der Waals surface area contributed by atoms with Gasteiger partial charge in [0.25, 0.3) is 0 Å². The van der Waals surface area contributed by atoms with E-state index >= 15 is 0 Å². The highest BCUT2D eigenvalue weighted by Crippen LogP contribution is 2.20. The molecule has 7 heteroatoms. The van der Waals surface area contributed by atoms with E-state index in [0.29, 0.717) is 10.7 Å². The quantitative estimate of drug-likeness (QED) is 0.801. The molecule has 0 spiro atoms. The van der Waals surface area contributed by atoms with E-state index in [2.05, 4.69) is 15.9 Å². The van der Waals surface area contributed by atoms with Crippen LogP contribution in [0.4, 0.5) is 13.2 Å². The van der Waals surface area contributed by atoms with Crippen LogP contribution in [0, 0.1) is 0 Å². The van der Waals surface area contributed by atoms with E-state index in [0.717, 1.165) is 0 Å². The molecule has 3 nitrogen and oxygen atoms in total. The van der Waals surface area contributed by atoms with Crippen molar-refractivity contribution in [3.8, 4) is 0 Å². The van der Waals surface area contributed by atoms with E-state index < -0.39 is 23.5 Å². The Morgan fingerprint density at radius 2 is 2.24 bits per heavy atom. The number of amides is 1. The molecule has 0 bridgehead atoms. The van der Waals surface area contributed by atoms with Crippen molar-refractivity contribution in [2.24, 2.45) is 0 Å². The topological polar surface area (TPSA) is 33.5 Å². The van der Waals surface area contributed by atoms with Crippen molar-refractivity contribution in [3.05, 3.63) is 24.2 Å². The van der Waals surface area contributed by atoms with Crippen molar-refractivity contribution in [1.29, 1.82) is 0 Å². The normalized spacial score (nSPS) is 13.5. The largest absolute Gasteiger partial charge is 0.467 e. The predicted molar refractivity (Wildman–Crippen MR) is 58.6 cm³/mol. The van der Waals surface area contributed by atoms with Gasteiger partial charge in [0.2, 0.25) is 5.91 Å². The summed E-state index contributed by atoms with van der Waals surface area (Å²) in [6.45, 7) is -0.00238. The molecule has 1 heterocycles. The zero-order chi connectivity index (χ0) is 13.1. The zero-order valence-electron chi connectivity index (χ0n) is 9.00. The maximum absolute atomic E-state index is 12.3. The average Bonchev–Trinajstić information content (AvgIpc) is 2.66. The summed E-state index contributed by atoms with van der Waals surface area (Å²) >= 11 is 2.96. The minimum absolute atomic E-state index is 0.193. The SMILES string of the molecule is CC(Br)C(=O)N(Cc1ccco1)CC(F)(F)F. The standard InChI is InChI=1S/C10H11BrF3NO2/c1-7(11)9(16)15(6-10(12,13)14)5-8-3-2-4-17-8/h2-4,7H,5-6H2,1H3. The van der Waals surface area contributed by atoms with Crippen molar-refractivity contribution < 1.29 is 22.4 Å². The molecule has 1 aromatic rings. The molecule has 1 aromatic heterocycles. The van der Waals surface area contributed by atoms with Crippen molar-refractivity contribution in [1.82, 2.24) is 4.90 Å². The fourth-order valence-electron chi connectivity index (χ4n) is 1.27. The first-order valence-electron chi connectivity index (χ1n) is 4.81. The number of carbonyl (C=O) groups excluding carboxylic acids is 1. The number of hydrogen-bond donors (Lipinski definition) is 0. The summed E-state index contributed by atoms with van der Waals surface area (Å²) in [6.07, 6.45) is -3.08. The number of nitrogens with zero attached hydrogens (tertiary/aromatic N) is 1. The smallest absolute Gasteiger partial charge is 0.406 e. The van der Waals surface area contributed by atoms with Gasteiger partial charge in [-0.05, 0) is 19.1 Å². The Bertz CT molecular complexity index is 362. The van der Waals surface area contributed by atoms with Crippen LogP contribution in [0.2, 0.25) is 0 Å². The third-order valence-electron chi connectivity index (χ3n) is 1.95. The lowest BCUT2D eigenvalue weighted by Crippen LogP contribution is -2.41. The third kappa shape index (κ3) is 4.80. The van der Waals surface area contributed by atoms with E-state index in [9.17, 15) is 18.0 Å². The Kier molecular flexibility index (Phi) is 4.62. The predicted octanol–water partition coefficient (Wildman–Crippen LogP) is 2.95. The molecule has 0 aromatic carbocycles. The summed E-state index contributed by atoms with van der Waals surface area (Å²) < 4.78 is 41.9. The molecule has 0 N–H and O–H groups in total. The van der Waals surface area contributed by atoms with Gasteiger partial charge in [0.05, 0.1) is 17.6 Å². The van der Waals surface area contributed by atoms with Crippen molar-refractivity contribution in [3.63, 3.8) is 0 Å². The number of carbonyl (C=O) groups is 1. The number of hydrogen-bond acceptors (Lipinski definition) is 2. The third-order valence-corrected chi connectivity index (χ3v) is 2.34. The second-order valence-electron chi connectivity index (χ2n) is 3.50. The van der Waals surface area contributed by atoms with Gasteiger partial charge in [-0.15, -0.1) is 0 Å². The second kappa shape index (κ2) is 5.57. The maximum Gasteiger partial charge on any atom is 0.406 e. The Balaban J connectivity index is 2.75. The van der Waals surface area contributed by atoms with E-state index in [1.807, 2.05) is 0 Å². The fraction of sp³-hybridized carbons (Fsp3) is 0.500. The summed E-state index contributed by atoms with van der Waals surface area (Å²) in [5.41, 5.74) is 0. The molecule has 96 valence electrons.